The van der Waals surface area contributed by atoms with Gasteiger partial charge in [-0.25, -0.2) is 0 Å². The zero-order chi connectivity index (χ0) is 13.6. The van der Waals surface area contributed by atoms with E-state index >= 15 is 0 Å². The van der Waals surface area contributed by atoms with Gasteiger partial charge in [0.25, 0.3) is 10.1 Å². The lowest BCUT2D eigenvalue weighted by molar-refractivity contribution is 0.328. The molecule has 100 valence electrons. The highest BCUT2D eigenvalue weighted by molar-refractivity contribution is 7.85. The first-order chi connectivity index (χ1) is 8.31. The third kappa shape index (κ3) is 5.62. The highest BCUT2D eigenvalue weighted by Crippen LogP contribution is 2.06. The Morgan fingerprint density at radius 1 is 1.22 bits per heavy atom. The molecule has 0 spiro atoms. The van der Waals surface area contributed by atoms with Crippen LogP contribution in [0.4, 0.5) is 0 Å². The van der Waals surface area contributed by atoms with Crippen LogP contribution in [-0.2, 0) is 14.3 Å². The normalized spacial score (nSPS) is 13.1. The summed E-state index contributed by atoms with van der Waals surface area (Å²) in [5, 5.41) is 1.37. The minimum Gasteiger partial charge on any atom is -0.270 e. The molecule has 0 saturated carbocycles. The summed E-state index contributed by atoms with van der Waals surface area (Å²) in [6, 6.07) is 10.4. The molecule has 0 atom stereocenters. The van der Waals surface area contributed by atoms with Crippen molar-refractivity contribution in [3.05, 3.63) is 42.1 Å². The van der Waals surface area contributed by atoms with E-state index in [9.17, 15) is 8.42 Å². The van der Waals surface area contributed by atoms with Gasteiger partial charge < -0.3 is 0 Å². The number of benzene rings is 1. The molecular formula is C13H20O3SSi. The molecule has 5 heteroatoms. The Hall–Kier alpha value is -0.913. The summed E-state index contributed by atoms with van der Waals surface area (Å²) >= 11 is 0. The molecule has 0 amide bonds. The van der Waals surface area contributed by atoms with Gasteiger partial charge in [0.05, 0.1) is 12.9 Å². The second kappa shape index (κ2) is 6.31. The summed E-state index contributed by atoms with van der Waals surface area (Å²) in [6.45, 7) is 4.74. The molecule has 18 heavy (non-hydrogen) atoms. The van der Waals surface area contributed by atoms with Crippen molar-refractivity contribution < 1.29 is 12.6 Å². The smallest absolute Gasteiger partial charge is 0.264 e. The summed E-state index contributed by atoms with van der Waals surface area (Å²) < 4.78 is 26.2. The average molecular weight is 284 g/mol. The van der Waals surface area contributed by atoms with Crippen molar-refractivity contribution in [1.29, 1.82) is 0 Å². The van der Waals surface area contributed by atoms with Gasteiger partial charge in [0.15, 0.2) is 0 Å². The average Bonchev–Trinajstić information content (AvgIpc) is 2.28. The van der Waals surface area contributed by atoms with Crippen LogP contribution in [0.1, 0.15) is 6.42 Å². The molecule has 0 fully saturated rings. The highest BCUT2D eigenvalue weighted by atomic mass is 32.2. The van der Waals surface area contributed by atoms with Gasteiger partial charge in [0.2, 0.25) is 0 Å². The Morgan fingerprint density at radius 2 is 1.83 bits per heavy atom. The van der Waals surface area contributed by atoms with Gasteiger partial charge in [-0.3, -0.25) is 4.18 Å². The van der Waals surface area contributed by atoms with Crippen molar-refractivity contribution >= 4 is 23.4 Å². The lowest BCUT2D eigenvalue weighted by Gasteiger charge is -2.18. The first-order valence-electron chi connectivity index (χ1n) is 5.89. The molecule has 0 bridgehead atoms. The van der Waals surface area contributed by atoms with Gasteiger partial charge in [-0.1, -0.05) is 60.4 Å². The molecule has 0 radical (unpaired) electrons. The van der Waals surface area contributed by atoms with Gasteiger partial charge in [-0.2, -0.15) is 8.42 Å². The maximum Gasteiger partial charge on any atom is 0.264 e. The number of hydrogen-bond donors (Lipinski definition) is 0. The third-order valence-corrected chi connectivity index (χ3v) is 6.12. The molecule has 0 aromatic heterocycles. The van der Waals surface area contributed by atoms with E-state index in [1.165, 1.54) is 5.19 Å². The number of rotatable bonds is 6. The maximum absolute atomic E-state index is 10.8. The van der Waals surface area contributed by atoms with E-state index in [0.29, 0.717) is 6.42 Å². The molecule has 0 aliphatic heterocycles. The number of hydrogen-bond acceptors (Lipinski definition) is 3. The van der Waals surface area contributed by atoms with Crippen molar-refractivity contribution in [2.45, 2.75) is 19.5 Å². The first kappa shape index (κ1) is 15.1. The summed E-state index contributed by atoms with van der Waals surface area (Å²) in [6.07, 6.45) is 3.71. The fourth-order valence-electron chi connectivity index (χ4n) is 1.61. The highest BCUT2D eigenvalue weighted by Gasteiger charge is 2.18. The van der Waals surface area contributed by atoms with Crippen LogP contribution in [0.3, 0.4) is 0 Å². The topological polar surface area (TPSA) is 43.4 Å². The van der Waals surface area contributed by atoms with Gasteiger partial charge in [0, 0.05) is 0 Å². The van der Waals surface area contributed by atoms with Crippen LogP contribution < -0.4 is 5.19 Å². The van der Waals surface area contributed by atoms with E-state index in [4.69, 9.17) is 0 Å². The fraction of sp³-hybridized carbons (Fsp3) is 0.385. The van der Waals surface area contributed by atoms with Crippen LogP contribution in [0.15, 0.2) is 42.1 Å². The van der Waals surface area contributed by atoms with E-state index in [1.54, 1.807) is 0 Å². The predicted octanol–water partition coefficient (Wildman–Crippen LogP) is 2.06. The van der Waals surface area contributed by atoms with E-state index in [2.05, 4.69) is 35.1 Å². The van der Waals surface area contributed by atoms with Crippen molar-refractivity contribution in [2.24, 2.45) is 0 Å². The lowest BCUT2D eigenvalue weighted by atomic mass is 10.4. The molecule has 0 aliphatic carbocycles. The van der Waals surface area contributed by atoms with Crippen LogP contribution >= 0.6 is 0 Å². The van der Waals surface area contributed by atoms with Crippen LogP contribution in [0, 0.1) is 0 Å². The largest absolute Gasteiger partial charge is 0.270 e. The summed E-state index contributed by atoms with van der Waals surface area (Å²) in [4.78, 5) is 0. The van der Waals surface area contributed by atoms with Crippen LogP contribution in [-0.4, -0.2) is 29.4 Å². The van der Waals surface area contributed by atoms with Crippen LogP contribution in [0.25, 0.3) is 0 Å². The predicted molar refractivity (Wildman–Crippen MR) is 78.1 cm³/mol. The van der Waals surface area contributed by atoms with E-state index in [-0.39, 0.29) is 6.61 Å². The Labute approximate surface area is 111 Å². The summed E-state index contributed by atoms with van der Waals surface area (Å²) in [7, 11) is -4.88. The SMILES string of the molecule is C[Si](C)(/C=C/CCOS(C)(=O)=O)c1ccccc1. The second-order valence-corrected chi connectivity index (χ2v) is 10.8. The molecule has 0 saturated heterocycles. The van der Waals surface area contributed by atoms with Crippen molar-refractivity contribution in [2.75, 3.05) is 12.9 Å². The van der Waals surface area contributed by atoms with E-state index < -0.39 is 18.2 Å². The zero-order valence-corrected chi connectivity index (χ0v) is 12.9. The standard InChI is InChI=1S/C13H20O3SSi/c1-17(14,15)16-11-7-8-12-18(2,3)13-9-5-4-6-10-13/h4-6,8-10,12H,7,11H2,1-3H3/b12-8+. The Kier molecular flexibility index (Phi) is 5.31. The van der Waals surface area contributed by atoms with Gasteiger partial charge in [0.1, 0.15) is 8.07 Å². The molecule has 0 aliphatic rings. The van der Waals surface area contributed by atoms with Crippen molar-refractivity contribution in [1.82, 2.24) is 0 Å². The zero-order valence-electron chi connectivity index (χ0n) is 11.1. The monoisotopic (exact) mass is 284 g/mol. The molecule has 1 rings (SSSR count). The molecule has 3 nitrogen and oxygen atoms in total. The van der Waals surface area contributed by atoms with Crippen LogP contribution in [0.2, 0.25) is 13.1 Å². The van der Waals surface area contributed by atoms with Crippen molar-refractivity contribution in [3.63, 3.8) is 0 Å². The third-order valence-electron chi connectivity index (χ3n) is 2.63. The quantitative estimate of drug-likeness (QED) is 0.456. The molecule has 0 heterocycles. The molecule has 1 aromatic carbocycles. The summed E-state index contributed by atoms with van der Waals surface area (Å²) in [5.41, 5.74) is 2.22. The molecule has 0 N–H and O–H groups in total. The van der Waals surface area contributed by atoms with Crippen LogP contribution in [0.5, 0.6) is 0 Å². The van der Waals surface area contributed by atoms with E-state index in [0.717, 1.165) is 6.26 Å². The Bertz CT molecular complexity index is 492. The maximum atomic E-state index is 10.8. The van der Waals surface area contributed by atoms with Gasteiger partial charge >= 0.3 is 0 Å². The van der Waals surface area contributed by atoms with Gasteiger partial charge in [-0.15, -0.1) is 0 Å². The molecule has 1 aromatic rings. The first-order valence-corrected chi connectivity index (χ1v) is 10.8. The minimum absolute atomic E-state index is 0.217. The molecular weight excluding hydrogens is 264 g/mol. The van der Waals surface area contributed by atoms with Crippen molar-refractivity contribution in [3.8, 4) is 0 Å². The minimum atomic E-state index is -3.31. The Morgan fingerprint density at radius 3 is 2.39 bits per heavy atom. The second-order valence-electron chi connectivity index (χ2n) is 4.80. The van der Waals surface area contributed by atoms with E-state index in [1.807, 2.05) is 24.3 Å². The van der Waals surface area contributed by atoms with Gasteiger partial charge in [-0.05, 0) is 6.42 Å². The fourth-order valence-corrected chi connectivity index (χ4v) is 4.01. The Balaban J connectivity index is 2.51. The lowest BCUT2D eigenvalue weighted by Crippen LogP contribution is -2.39. The summed E-state index contributed by atoms with van der Waals surface area (Å²) in [5.74, 6) is 0. The molecule has 0 unspecified atom stereocenters.